The van der Waals surface area contributed by atoms with E-state index in [0.29, 0.717) is 6.42 Å². The predicted octanol–water partition coefficient (Wildman–Crippen LogP) is 5.99. The highest BCUT2D eigenvalue weighted by Gasteiger charge is 2.44. The Hall–Kier alpha value is -1.91. The summed E-state index contributed by atoms with van der Waals surface area (Å²) in [7, 11) is 0. The van der Waals surface area contributed by atoms with E-state index in [1.165, 1.54) is 57.8 Å². The second-order valence-electron chi connectivity index (χ2n) is 14.3. The SMILES string of the molecule is C#CCCCC1(CCCCCCCCC(=O)N[C@H](CO[C@@H]2OC(CO)[C@@H](O)C(O)[C@@H]2O)[C@@H](O)/C=C/CCCCCCCCCCCCC)N=N1. The van der Waals surface area contributed by atoms with Crippen molar-refractivity contribution in [2.24, 2.45) is 10.2 Å². The molecule has 0 spiro atoms. The third-order valence-electron chi connectivity index (χ3n) is 9.87. The number of hydrogen-bond acceptors (Lipinski definition) is 10. The quantitative estimate of drug-likeness (QED) is 0.0290. The molecule has 6 N–H and O–H groups in total. The first-order chi connectivity index (χ1) is 24.3. The summed E-state index contributed by atoms with van der Waals surface area (Å²) in [6.07, 6.45) is 25.4. The van der Waals surface area contributed by atoms with Gasteiger partial charge < -0.3 is 40.3 Å². The Morgan fingerprint density at radius 2 is 1.44 bits per heavy atom. The molecular weight excluding hydrogens is 638 g/mol. The number of rotatable bonds is 31. The molecule has 50 heavy (non-hydrogen) atoms. The average molecular weight is 708 g/mol. The van der Waals surface area contributed by atoms with Crippen LogP contribution in [0.25, 0.3) is 0 Å². The van der Waals surface area contributed by atoms with Crippen molar-refractivity contribution in [1.29, 1.82) is 0 Å². The number of carbonyl (C=O) groups is 1. The van der Waals surface area contributed by atoms with E-state index in [2.05, 4.69) is 28.4 Å². The van der Waals surface area contributed by atoms with Crippen LogP contribution in [-0.4, -0.2) is 93.2 Å². The van der Waals surface area contributed by atoms with Gasteiger partial charge in [-0.05, 0) is 44.9 Å². The maximum absolute atomic E-state index is 12.9. The minimum absolute atomic E-state index is 0.176. The van der Waals surface area contributed by atoms with Crippen molar-refractivity contribution in [3.63, 3.8) is 0 Å². The van der Waals surface area contributed by atoms with Crippen LogP contribution in [0.15, 0.2) is 22.4 Å². The molecule has 0 aliphatic carbocycles. The molecule has 0 bridgehead atoms. The van der Waals surface area contributed by atoms with Gasteiger partial charge in [0.1, 0.15) is 24.4 Å². The van der Waals surface area contributed by atoms with Crippen LogP contribution in [0, 0.1) is 12.3 Å². The number of amides is 1. The second-order valence-corrected chi connectivity index (χ2v) is 14.3. The Morgan fingerprint density at radius 1 is 0.860 bits per heavy atom. The Balaban J connectivity index is 1.72. The lowest BCUT2D eigenvalue weighted by atomic mass is 9.98. The first-order valence-corrected chi connectivity index (χ1v) is 19.7. The molecule has 288 valence electrons. The van der Waals surface area contributed by atoms with Crippen LogP contribution in [0.2, 0.25) is 0 Å². The van der Waals surface area contributed by atoms with E-state index in [4.69, 9.17) is 15.9 Å². The molecule has 11 heteroatoms. The van der Waals surface area contributed by atoms with Gasteiger partial charge in [0.25, 0.3) is 0 Å². The van der Waals surface area contributed by atoms with E-state index in [0.717, 1.165) is 83.5 Å². The zero-order valence-corrected chi connectivity index (χ0v) is 30.8. The second kappa shape index (κ2) is 26.8. The molecule has 1 saturated heterocycles. The number of unbranched alkanes of at least 4 members (excludes halogenated alkanes) is 17. The van der Waals surface area contributed by atoms with Crippen molar-refractivity contribution in [3.05, 3.63) is 12.2 Å². The summed E-state index contributed by atoms with van der Waals surface area (Å²) in [5.74, 6) is 2.46. The molecule has 2 aliphatic heterocycles. The molecule has 0 saturated carbocycles. The van der Waals surface area contributed by atoms with Gasteiger partial charge in [0.15, 0.2) is 12.0 Å². The highest BCUT2D eigenvalue weighted by Crippen LogP contribution is 2.38. The number of nitrogens with zero attached hydrogens (tertiary/aromatic N) is 2. The van der Waals surface area contributed by atoms with Gasteiger partial charge in [-0.25, -0.2) is 0 Å². The number of terminal acetylenes is 1. The lowest BCUT2D eigenvalue weighted by molar-refractivity contribution is -0.302. The van der Waals surface area contributed by atoms with Crippen LogP contribution < -0.4 is 5.32 Å². The average Bonchev–Trinajstić information content (AvgIpc) is 3.89. The maximum atomic E-state index is 12.9. The first kappa shape index (κ1) is 44.3. The van der Waals surface area contributed by atoms with Crippen LogP contribution in [0.3, 0.4) is 0 Å². The Morgan fingerprint density at radius 3 is 2.04 bits per heavy atom. The van der Waals surface area contributed by atoms with Crippen molar-refractivity contribution >= 4 is 5.91 Å². The van der Waals surface area contributed by atoms with Gasteiger partial charge in [0, 0.05) is 12.8 Å². The summed E-state index contributed by atoms with van der Waals surface area (Å²) >= 11 is 0. The fourth-order valence-corrected chi connectivity index (χ4v) is 6.47. The van der Waals surface area contributed by atoms with E-state index >= 15 is 0 Å². The lowest BCUT2D eigenvalue weighted by Crippen LogP contribution is -2.60. The van der Waals surface area contributed by atoms with E-state index in [1.807, 2.05) is 6.08 Å². The summed E-state index contributed by atoms with van der Waals surface area (Å²) in [5.41, 5.74) is -0.176. The first-order valence-electron chi connectivity index (χ1n) is 19.7. The highest BCUT2D eigenvalue weighted by molar-refractivity contribution is 5.76. The van der Waals surface area contributed by atoms with Crippen LogP contribution in [0.5, 0.6) is 0 Å². The van der Waals surface area contributed by atoms with Crippen molar-refractivity contribution in [1.82, 2.24) is 5.32 Å². The van der Waals surface area contributed by atoms with Crippen molar-refractivity contribution in [2.75, 3.05) is 13.2 Å². The monoisotopic (exact) mass is 708 g/mol. The number of hydrogen-bond donors (Lipinski definition) is 6. The van der Waals surface area contributed by atoms with Crippen molar-refractivity contribution in [2.45, 2.75) is 203 Å². The number of nitrogens with one attached hydrogen (secondary N) is 1. The molecule has 0 aromatic rings. The minimum atomic E-state index is -1.58. The number of aliphatic hydroxyl groups is 5. The molecule has 1 amide bonds. The molecule has 0 radical (unpaired) electrons. The zero-order chi connectivity index (χ0) is 36.5. The molecule has 2 unspecified atom stereocenters. The number of allylic oxidation sites excluding steroid dienone is 1. The fourth-order valence-electron chi connectivity index (χ4n) is 6.47. The Bertz CT molecular complexity index is 981. The standard InChI is InChI=1S/C39H69N3O8/c1-3-5-7-8-9-10-11-12-13-14-15-18-21-25-32(44)31(30-49-38-37(48)36(47)35(46)33(29-43)50-38)40-34(45)26-22-19-16-17-20-24-28-39(41-42-39)27-23-6-4-2/h2,21,25,31-33,35-38,43-44,46-48H,3,5-20,22-24,26-30H2,1H3,(H,40,45)/b25-21+/t31-,32+,33?,35-,36?,37+,38-/m1/s1. The van der Waals surface area contributed by atoms with Crippen LogP contribution in [0.1, 0.15) is 155 Å². The normalized spacial score (nSPS) is 23.9. The van der Waals surface area contributed by atoms with Crippen LogP contribution in [0.4, 0.5) is 0 Å². The number of aliphatic hydroxyl groups excluding tert-OH is 5. The van der Waals surface area contributed by atoms with E-state index in [1.54, 1.807) is 6.08 Å². The van der Waals surface area contributed by atoms with Crippen molar-refractivity contribution < 1.29 is 39.8 Å². The molecule has 7 atom stereocenters. The molecule has 0 aromatic carbocycles. The maximum Gasteiger partial charge on any atom is 0.220 e. The highest BCUT2D eigenvalue weighted by atomic mass is 16.7. The predicted molar refractivity (Wildman–Crippen MR) is 195 cm³/mol. The van der Waals surface area contributed by atoms with Gasteiger partial charge in [0.2, 0.25) is 5.91 Å². The smallest absolute Gasteiger partial charge is 0.220 e. The van der Waals surface area contributed by atoms with E-state index in [9.17, 15) is 30.3 Å². The molecule has 1 fully saturated rings. The summed E-state index contributed by atoms with van der Waals surface area (Å²) < 4.78 is 11.1. The number of carbonyl (C=O) groups excluding carboxylic acids is 1. The lowest BCUT2D eigenvalue weighted by Gasteiger charge is -2.40. The molecule has 11 nitrogen and oxygen atoms in total. The summed E-state index contributed by atoms with van der Waals surface area (Å²) in [4.78, 5) is 12.9. The molecule has 2 aliphatic rings. The molecule has 2 rings (SSSR count). The topological polar surface area (TPSA) is 173 Å². The van der Waals surface area contributed by atoms with Gasteiger partial charge in [0.05, 0.1) is 25.4 Å². The van der Waals surface area contributed by atoms with Gasteiger partial charge in [-0.3, -0.25) is 4.79 Å². The summed E-state index contributed by atoms with van der Waals surface area (Å²) in [6.45, 7) is 1.46. The molecular formula is C39H69N3O8. The fraction of sp³-hybridized carbons (Fsp3) is 0.872. The van der Waals surface area contributed by atoms with Gasteiger partial charge in [-0.2, -0.15) is 10.2 Å². The Labute approximate surface area is 301 Å². The largest absolute Gasteiger partial charge is 0.394 e. The van der Waals surface area contributed by atoms with Gasteiger partial charge >= 0.3 is 0 Å². The van der Waals surface area contributed by atoms with E-state index in [-0.39, 0.29) is 18.2 Å². The summed E-state index contributed by atoms with van der Waals surface area (Å²) in [5, 5.41) is 62.4. The van der Waals surface area contributed by atoms with Crippen molar-refractivity contribution in [3.8, 4) is 12.3 Å². The third-order valence-corrected chi connectivity index (χ3v) is 9.87. The third kappa shape index (κ3) is 18.5. The van der Waals surface area contributed by atoms with E-state index < -0.39 is 49.5 Å². The summed E-state index contributed by atoms with van der Waals surface area (Å²) in [6, 6.07) is -0.824. The number of ether oxygens (including phenoxy) is 2. The molecule has 2 heterocycles. The van der Waals surface area contributed by atoms with Gasteiger partial charge in [-0.1, -0.05) is 109 Å². The van der Waals surface area contributed by atoms with Gasteiger partial charge in [-0.15, -0.1) is 12.3 Å². The van der Waals surface area contributed by atoms with Crippen LogP contribution in [-0.2, 0) is 14.3 Å². The minimum Gasteiger partial charge on any atom is -0.394 e. The Kier molecular flexibility index (Phi) is 23.7. The zero-order valence-electron chi connectivity index (χ0n) is 30.8. The molecule has 0 aromatic heterocycles. The van der Waals surface area contributed by atoms with Crippen LogP contribution >= 0.6 is 0 Å².